The second kappa shape index (κ2) is 3.30. The molecule has 0 bridgehead atoms. The Morgan fingerprint density at radius 2 is 1.62 bits per heavy atom. The van der Waals surface area contributed by atoms with Crippen LogP contribution in [0.1, 0.15) is 20.8 Å². The van der Waals surface area contributed by atoms with Gasteiger partial charge in [0, 0.05) is 0 Å². The highest BCUT2D eigenvalue weighted by Gasteiger charge is 1.73. The van der Waals surface area contributed by atoms with Gasteiger partial charge in [-0.25, -0.2) is 0 Å². The molecule has 1 N–H and O–H groups in total. The third kappa shape index (κ3) is 5.28. The number of aliphatic hydroxyl groups is 1. The second-order valence-corrected chi connectivity index (χ2v) is 2.05. The van der Waals surface area contributed by atoms with Gasteiger partial charge in [0.05, 0.1) is 5.76 Å². The summed E-state index contributed by atoms with van der Waals surface area (Å²) >= 11 is 0. The van der Waals surface area contributed by atoms with E-state index in [0.717, 1.165) is 0 Å². The smallest absolute Gasteiger partial charge is 0.0891 e. The first-order valence-corrected chi connectivity index (χ1v) is 2.63. The highest BCUT2D eigenvalue weighted by Crippen LogP contribution is 1.91. The topological polar surface area (TPSA) is 20.2 Å². The number of hydrogen-bond donors (Lipinski definition) is 1. The molecule has 1 nitrogen and oxygen atoms in total. The average Bonchev–Trinajstić information content (AvgIpc) is 1.61. The van der Waals surface area contributed by atoms with E-state index in [1.54, 1.807) is 13.0 Å². The first-order chi connectivity index (χ1) is 3.63. The van der Waals surface area contributed by atoms with Crippen LogP contribution in [0.5, 0.6) is 0 Å². The molecule has 0 aromatic rings. The summed E-state index contributed by atoms with van der Waals surface area (Å²) in [5.41, 5.74) is 1.19. The Labute approximate surface area is 50.3 Å². The van der Waals surface area contributed by atoms with Gasteiger partial charge in [-0.2, -0.15) is 0 Å². The molecule has 1 heteroatoms. The minimum absolute atomic E-state index is 0.353. The predicted octanol–water partition coefficient (Wildman–Crippen LogP) is 2.41. The molecule has 0 spiro atoms. The van der Waals surface area contributed by atoms with Crippen LogP contribution < -0.4 is 0 Å². The molecule has 0 aliphatic rings. The van der Waals surface area contributed by atoms with Crippen molar-refractivity contribution >= 4 is 0 Å². The average molecular weight is 112 g/mol. The standard InChI is InChI=1S/C7H12O/c1-6(2)4-5-7(3)8/h4-5,8H,1-3H3. The van der Waals surface area contributed by atoms with Gasteiger partial charge in [-0.3, -0.25) is 0 Å². The van der Waals surface area contributed by atoms with E-state index in [0.29, 0.717) is 5.76 Å². The van der Waals surface area contributed by atoms with E-state index in [2.05, 4.69) is 0 Å². The molecule has 46 valence electrons. The second-order valence-electron chi connectivity index (χ2n) is 2.05. The van der Waals surface area contributed by atoms with E-state index in [4.69, 9.17) is 5.11 Å². The molecule has 0 atom stereocenters. The van der Waals surface area contributed by atoms with Gasteiger partial charge in [-0.1, -0.05) is 11.6 Å². The van der Waals surface area contributed by atoms with Gasteiger partial charge in [0.15, 0.2) is 0 Å². The van der Waals surface area contributed by atoms with Gasteiger partial charge in [0.2, 0.25) is 0 Å². The summed E-state index contributed by atoms with van der Waals surface area (Å²) in [7, 11) is 0. The maximum Gasteiger partial charge on any atom is 0.0891 e. The van der Waals surface area contributed by atoms with Gasteiger partial charge >= 0.3 is 0 Å². The predicted molar refractivity (Wildman–Crippen MR) is 35.8 cm³/mol. The van der Waals surface area contributed by atoms with Crippen LogP contribution in [0.3, 0.4) is 0 Å². The molecule has 8 heavy (non-hydrogen) atoms. The molecular weight excluding hydrogens is 100 g/mol. The maximum atomic E-state index is 8.62. The molecule has 0 aliphatic heterocycles. The maximum absolute atomic E-state index is 8.62. The fourth-order valence-corrected chi connectivity index (χ4v) is 0.287. The largest absolute Gasteiger partial charge is 0.513 e. The van der Waals surface area contributed by atoms with Crippen LogP contribution in [0.2, 0.25) is 0 Å². The molecule has 0 saturated heterocycles. The summed E-state index contributed by atoms with van der Waals surface area (Å²) < 4.78 is 0. The third-order valence-electron chi connectivity index (χ3n) is 0.658. The summed E-state index contributed by atoms with van der Waals surface area (Å²) in [4.78, 5) is 0. The Hall–Kier alpha value is -0.720. The summed E-state index contributed by atoms with van der Waals surface area (Å²) in [5, 5.41) is 8.62. The molecule has 0 heterocycles. The molecular formula is C7H12O. The monoisotopic (exact) mass is 112 g/mol. The van der Waals surface area contributed by atoms with Crippen molar-refractivity contribution < 1.29 is 5.11 Å². The fraction of sp³-hybridized carbons (Fsp3) is 0.429. The van der Waals surface area contributed by atoms with Crippen molar-refractivity contribution in [2.75, 3.05) is 0 Å². The molecule has 0 amide bonds. The van der Waals surface area contributed by atoms with Crippen LogP contribution in [0, 0.1) is 0 Å². The lowest BCUT2D eigenvalue weighted by molar-refractivity contribution is 0.414. The van der Waals surface area contributed by atoms with Crippen LogP contribution in [0.25, 0.3) is 0 Å². The molecule has 0 saturated carbocycles. The minimum Gasteiger partial charge on any atom is -0.513 e. The Morgan fingerprint density at radius 1 is 1.12 bits per heavy atom. The van der Waals surface area contributed by atoms with Crippen molar-refractivity contribution in [3.05, 3.63) is 23.5 Å². The van der Waals surface area contributed by atoms with Crippen molar-refractivity contribution in [2.45, 2.75) is 20.8 Å². The van der Waals surface area contributed by atoms with Crippen molar-refractivity contribution in [1.29, 1.82) is 0 Å². The highest BCUT2D eigenvalue weighted by atomic mass is 16.3. The zero-order valence-corrected chi connectivity index (χ0v) is 5.60. The number of hydrogen-bond acceptors (Lipinski definition) is 1. The molecule has 0 radical (unpaired) electrons. The lowest BCUT2D eigenvalue weighted by atomic mass is 10.3. The summed E-state index contributed by atoms with van der Waals surface area (Å²) in [6.45, 7) is 5.62. The van der Waals surface area contributed by atoms with E-state index < -0.39 is 0 Å². The zero-order chi connectivity index (χ0) is 6.57. The zero-order valence-electron chi connectivity index (χ0n) is 5.60. The van der Waals surface area contributed by atoms with Gasteiger partial charge in [0.25, 0.3) is 0 Å². The van der Waals surface area contributed by atoms with Crippen molar-refractivity contribution in [1.82, 2.24) is 0 Å². The Bertz CT molecular complexity index is 96.3. The summed E-state index contributed by atoms with van der Waals surface area (Å²) in [6, 6.07) is 0. The van der Waals surface area contributed by atoms with E-state index in [-0.39, 0.29) is 0 Å². The fourth-order valence-electron chi connectivity index (χ4n) is 0.287. The first-order valence-electron chi connectivity index (χ1n) is 2.63. The Balaban J connectivity index is 3.76. The van der Waals surface area contributed by atoms with Crippen LogP contribution in [0.15, 0.2) is 23.5 Å². The number of rotatable bonds is 1. The first kappa shape index (κ1) is 7.28. The Kier molecular flexibility index (Phi) is 3.01. The molecule has 0 rings (SSSR count). The summed E-state index contributed by atoms with van der Waals surface area (Å²) in [6.07, 6.45) is 3.55. The number of allylic oxidation sites excluding steroid dienone is 4. The van der Waals surface area contributed by atoms with Crippen LogP contribution in [-0.4, -0.2) is 5.11 Å². The SMILES string of the molecule is CC(C)=CC=C(C)O. The van der Waals surface area contributed by atoms with E-state index in [1.165, 1.54) is 5.57 Å². The van der Waals surface area contributed by atoms with Crippen LogP contribution in [0.4, 0.5) is 0 Å². The van der Waals surface area contributed by atoms with Crippen LogP contribution >= 0.6 is 0 Å². The lowest BCUT2D eigenvalue weighted by Crippen LogP contribution is -1.66. The van der Waals surface area contributed by atoms with Crippen molar-refractivity contribution in [3.63, 3.8) is 0 Å². The highest BCUT2D eigenvalue weighted by molar-refractivity contribution is 5.09. The third-order valence-corrected chi connectivity index (χ3v) is 0.658. The van der Waals surface area contributed by atoms with Gasteiger partial charge in [-0.05, 0) is 26.8 Å². The quantitative estimate of drug-likeness (QED) is 0.408. The minimum atomic E-state index is 0.353. The normalized spacial score (nSPS) is 11.1. The molecule has 0 aliphatic carbocycles. The lowest BCUT2D eigenvalue weighted by Gasteiger charge is -1.83. The van der Waals surface area contributed by atoms with E-state index in [9.17, 15) is 0 Å². The molecule has 0 aromatic heterocycles. The van der Waals surface area contributed by atoms with E-state index in [1.807, 2.05) is 19.9 Å². The summed E-state index contributed by atoms with van der Waals surface area (Å²) in [5.74, 6) is 0.353. The molecule has 0 aromatic carbocycles. The van der Waals surface area contributed by atoms with E-state index >= 15 is 0 Å². The van der Waals surface area contributed by atoms with Crippen molar-refractivity contribution in [2.24, 2.45) is 0 Å². The van der Waals surface area contributed by atoms with Crippen LogP contribution in [-0.2, 0) is 0 Å². The Morgan fingerprint density at radius 3 is 1.75 bits per heavy atom. The van der Waals surface area contributed by atoms with Gasteiger partial charge < -0.3 is 5.11 Å². The van der Waals surface area contributed by atoms with Gasteiger partial charge in [0.1, 0.15) is 0 Å². The van der Waals surface area contributed by atoms with Gasteiger partial charge in [-0.15, -0.1) is 0 Å². The van der Waals surface area contributed by atoms with Crippen molar-refractivity contribution in [3.8, 4) is 0 Å². The molecule has 0 unspecified atom stereocenters. The number of aliphatic hydroxyl groups excluding tert-OH is 1. The molecule has 0 fully saturated rings.